The smallest absolute Gasteiger partial charge is 0.177 e. The van der Waals surface area contributed by atoms with E-state index in [-0.39, 0.29) is 5.82 Å². The Labute approximate surface area is 116 Å². The summed E-state index contributed by atoms with van der Waals surface area (Å²) >= 11 is 0. The lowest BCUT2D eigenvalue weighted by Gasteiger charge is -2.11. The molecule has 1 aromatic carbocycles. The van der Waals surface area contributed by atoms with Crippen LogP contribution in [0.4, 0.5) is 4.39 Å². The van der Waals surface area contributed by atoms with Gasteiger partial charge in [-0.05, 0) is 37.9 Å². The van der Waals surface area contributed by atoms with Gasteiger partial charge in [0.2, 0.25) is 0 Å². The normalized spacial score (nSPS) is 11.4. The fraction of sp³-hybridized carbons (Fsp3) is 0.200. The molecule has 0 aliphatic heterocycles. The Bertz CT molecular complexity index is 748. The predicted molar refractivity (Wildman–Crippen MR) is 76.7 cm³/mol. The van der Waals surface area contributed by atoms with Crippen LogP contribution in [-0.2, 0) is 6.54 Å². The van der Waals surface area contributed by atoms with Gasteiger partial charge in [0, 0.05) is 23.9 Å². The van der Waals surface area contributed by atoms with Crippen molar-refractivity contribution in [2.24, 2.45) is 0 Å². The van der Waals surface area contributed by atoms with Gasteiger partial charge in [-0.1, -0.05) is 6.07 Å². The third-order valence-corrected chi connectivity index (χ3v) is 3.11. The summed E-state index contributed by atoms with van der Waals surface area (Å²) in [4.78, 5) is 13.3. The van der Waals surface area contributed by atoms with Gasteiger partial charge >= 0.3 is 0 Å². The molecule has 0 saturated carbocycles. The zero-order valence-electron chi connectivity index (χ0n) is 11.4. The van der Waals surface area contributed by atoms with Crippen LogP contribution in [0.5, 0.6) is 0 Å². The van der Waals surface area contributed by atoms with Crippen LogP contribution in [0.3, 0.4) is 0 Å². The number of aromatic amines is 1. The van der Waals surface area contributed by atoms with E-state index in [0.29, 0.717) is 11.2 Å². The maximum atomic E-state index is 14.1. The van der Waals surface area contributed by atoms with Crippen molar-refractivity contribution in [1.29, 1.82) is 0 Å². The average molecular weight is 270 g/mol. The quantitative estimate of drug-likeness (QED) is 0.796. The Morgan fingerprint density at radius 2 is 2.05 bits per heavy atom. The molecule has 4 nitrogen and oxygen atoms in total. The number of rotatable bonds is 3. The number of benzene rings is 1. The number of hydrogen-bond donors (Lipinski definition) is 1. The highest BCUT2D eigenvalue weighted by Gasteiger charge is 2.09. The molecule has 0 fully saturated rings. The fourth-order valence-corrected chi connectivity index (χ4v) is 2.23. The van der Waals surface area contributed by atoms with Crippen molar-refractivity contribution in [1.82, 2.24) is 19.9 Å². The predicted octanol–water partition coefficient (Wildman–Crippen LogP) is 2.83. The Hall–Kier alpha value is -2.27. The van der Waals surface area contributed by atoms with Gasteiger partial charge < -0.3 is 9.88 Å². The van der Waals surface area contributed by atoms with E-state index in [1.165, 1.54) is 6.07 Å². The second kappa shape index (κ2) is 5.02. The van der Waals surface area contributed by atoms with Crippen molar-refractivity contribution in [2.45, 2.75) is 6.54 Å². The first-order valence-corrected chi connectivity index (χ1v) is 6.36. The third kappa shape index (κ3) is 2.40. The molecule has 0 spiro atoms. The van der Waals surface area contributed by atoms with E-state index >= 15 is 0 Å². The van der Waals surface area contributed by atoms with Crippen molar-refractivity contribution < 1.29 is 4.39 Å². The van der Waals surface area contributed by atoms with Crippen LogP contribution >= 0.6 is 0 Å². The third-order valence-electron chi connectivity index (χ3n) is 3.11. The van der Waals surface area contributed by atoms with E-state index in [1.807, 2.05) is 31.1 Å². The molecule has 0 saturated heterocycles. The van der Waals surface area contributed by atoms with Crippen molar-refractivity contribution in [2.75, 3.05) is 14.1 Å². The molecule has 3 rings (SSSR count). The van der Waals surface area contributed by atoms with Crippen LogP contribution in [0.1, 0.15) is 5.56 Å². The molecule has 20 heavy (non-hydrogen) atoms. The molecule has 3 aromatic rings. The molecule has 0 radical (unpaired) electrons. The van der Waals surface area contributed by atoms with E-state index in [2.05, 4.69) is 15.0 Å². The van der Waals surface area contributed by atoms with Crippen LogP contribution in [0.15, 0.2) is 36.8 Å². The molecule has 5 heteroatoms. The van der Waals surface area contributed by atoms with Crippen LogP contribution < -0.4 is 0 Å². The number of nitrogens with zero attached hydrogens (tertiary/aromatic N) is 3. The molecular formula is C15H15FN4. The molecule has 0 aliphatic carbocycles. The van der Waals surface area contributed by atoms with E-state index in [1.54, 1.807) is 18.6 Å². The second-order valence-corrected chi connectivity index (χ2v) is 5.05. The first-order chi connectivity index (χ1) is 9.63. The lowest BCUT2D eigenvalue weighted by Crippen LogP contribution is -2.10. The van der Waals surface area contributed by atoms with Crippen molar-refractivity contribution in [3.05, 3.63) is 48.2 Å². The highest BCUT2D eigenvalue weighted by molar-refractivity contribution is 5.77. The van der Waals surface area contributed by atoms with E-state index in [4.69, 9.17) is 0 Å². The number of halogens is 1. The number of nitrogens with one attached hydrogen (secondary N) is 1. The maximum Gasteiger partial charge on any atom is 0.177 e. The minimum Gasteiger partial charge on any atom is -0.343 e. The lowest BCUT2D eigenvalue weighted by atomic mass is 10.0. The van der Waals surface area contributed by atoms with Crippen LogP contribution in [0, 0.1) is 5.82 Å². The number of hydrogen-bond acceptors (Lipinski definition) is 3. The number of pyridine rings is 1. The summed E-state index contributed by atoms with van der Waals surface area (Å²) in [6, 6.07) is 7.05. The summed E-state index contributed by atoms with van der Waals surface area (Å²) in [5.74, 6) is -0.242. The molecule has 0 atom stereocenters. The highest BCUT2D eigenvalue weighted by atomic mass is 19.1. The summed E-state index contributed by atoms with van der Waals surface area (Å²) in [5, 5.41) is 0. The van der Waals surface area contributed by atoms with E-state index in [0.717, 1.165) is 23.2 Å². The van der Waals surface area contributed by atoms with Crippen LogP contribution in [-0.4, -0.2) is 33.9 Å². The average Bonchev–Trinajstić information content (AvgIpc) is 2.87. The fourth-order valence-electron chi connectivity index (χ4n) is 2.23. The van der Waals surface area contributed by atoms with Crippen LogP contribution in [0.25, 0.3) is 22.3 Å². The minimum atomic E-state index is -0.242. The van der Waals surface area contributed by atoms with E-state index in [9.17, 15) is 4.39 Å². The van der Waals surface area contributed by atoms with Gasteiger partial charge in [0.05, 0.1) is 11.8 Å². The standard InChI is InChI=1S/C15H15FN4/c1-20(2)8-10-3-4-13(16)12(5-10)11-6-14-15(17-7-11)19-9-18-14/h3-7,9H,8H2,1-2H3,(H,17,18,19). The molecule has 2 aromatic heterocycles. The summed E-state index contributed by atoms with van der Waals surface area (Å²) in [5.41, 5.74) is 3.82. The van der Waals surface area contributed by atoms with Gasteiger partial charge in [0.15, 0.2) is 5.65 Å². The summed E-state index contributed by atoms with van der Waals surface area (Å²) in [6.07, 6.45) is 3.24. The molecule has 0 bridgehead atoms. The molecule has 0 unspecified atom stereocenters. The molecular weight excluding hydrogens is 255 g/mol. The summed E-state index contributed by atoms with van der Waals surface area (Å²) in [6.45, 7) is 0.771. The number of imidazole rings is 1. The first kappa shape index (κ1) is 12.7. The zero-order chi connectivity index (χ0) is 14.1. The van der Waals surface area contributed by atoms with Crippen molar-refractivity contribution >= 4 is 11.2 Å². The van der Waals surface area contributed by atoms with Gasteiger partial charge in [-0.15, -0.1) is 0 Å². The second-order valence-electron chi connectivity index (χ2n) is 5.05. The number of H-pyrrole nitrogens is 1. The van der Waals surface area contributed by atoms with Gasteiger partial charge in [-0.3, -0.25) is 0 Å². The van der Waals surface area contributed by atoms with Gasteiger partial charge in [0.25, 0.3) is 0 Å². The molecule has 1 N–H and O–H groups in total. The highest BCUT2D eigenvalue weighted by Crippen LogP contribution is 2.25. The van der Waals surface area contributed by atoms with Gasteiger partial charge in [0.1, 0.15) is 5.82 Å². The lowest BCUT2D eigenvalue weighted by molar-refractivity contribution is 0.402. The molecule has 102 valence electrons. The Kier molecular flexibility index (Phi) is 3.20. The maximum absolute atomic E-state index is 14.1. The molecule has 2 heterocycles. The largest absolute Gasteiger partial charge is 0.343 e. The molecule has 0 amide bonds. The zero-order valence-corrected chi connectivity index (χ0v) is 11.4. The SMILES string of the molecule is CN(C)Cc1ccc(F)c(-c2cnc3nc[nH]c3c2)c1. The Balaban J connectivity index is 2.07. The topological polar surface area (TPSA) is 44.8 Å². The number of fused-ring (bicyclic) bond motifs is 1. The first-order valence-electron chi connectivity index (χ1n) is 6.36. The Morgan fingerprint density at radius 1 is 1.20 bits per heavy atom. The summed E-state index contributed by atoms with van der Waals surface area (Å²) in [7, 11) is 3.97. The van der Waals surface area contributed by atoms with Gasteiger partial charge in [-0.2, -0.15) is 0 Å². The van der Waals surface area contributed by atoms with Crippen molar-refractivity contribution in [3.8, 4) is 11.1 Å². The minimum absolute atomic E-state index is 0.242. The molecule has 0 aliphatic rings. The van der Waals surface area contributed by atoms with Crippen molar-refractivity contribution in [3.63, 3.8) is 0 Å². The monoisotopic (exact) mass is 270 g/mol. The van der Waals surface area contributed by atoms with Gasteiger partial charge in [-0.25, -0.2) is 14.4 Å². The number of aromatic nitrogens is 3. The Morgan fingerprint density at radius 3 is 2.85 bits per heavy atom. The van der Waals surface area contributed by atoms with Crippen LogP contribution in [0.2, 0.25) is 0 Å². The summed E-state index contributed by atoms with van der Waals surface area (Å²) < 4.78 is 14.1. The van der Waals surface area contributed by atoms with E-state index < -0.39 is 0 Å².